The lowest BCUT2D eigenvalue weighted by Gasteiger charge is -2.44. The van der Waals surface area contributed by atoms with Gasteiger partial charge >= 0.3 is 0 Å². The van der Waals surface area contributed by atoms with E-state index in [1.54, 1.807) is 0 Å². The molecular weight excluding hydrogens is 162 g/mol. The van der Waals surface area contributed by atoms with Gasteiger partial charge in [0.25, 0.3) is 0 Å². The molecule has 0 aromatic heterocycles. The quantitative estimate of drug-likeness (QED) is 0.554. The Hall–Kier alpha value is -0.0900. The van der Waals surface area contributed by atoms with Crippen molar-refractivity contribution in [1.82, 2.24) is 5.32 Å². The summed E-state index contributed by atoms with van der Waals surface area (Å²) in [6, 6.07) is 0. The molecule has 2 aliphatic heterocycles. The van der Waals surface area contributed by atoms with Gasteiger partial charge in [0.2, 0.25) is 0 Å². The lowest BCUT2D eigenvalue weighted by atomic mass is 9.84. The highest BCUT2D eigenvalue weighted by Crippen LogP contribution is 2.38. The van der Waals surface area contributed by atoms with Crippen LogP contribution < -0.4 is 5.32 Å². The maximum Gasteiger partial charge on any atom is 0.151 e. The van der Waals surface area contributed by atoms with Gasteiger partial charge in [-0.2, -0.15) is 0 Å². The second-order valence-corrected chi connectivity index (χ2v) is 5.88. The molecule has 0 saturated carbocycles. The highest BCUT2D eigenvalue weighted by Gasteiger charge is 2.48. The predicted octanol–water partition coefficient (Wildman–Crippen LogP) is -0.215. The van der Waals surface area contributed by atoms with Gasteiger partial charge in [0.05, 0.1) is 11.5 Å². The lowest BCUT2D eigenvalue weighted by molar-refractivity contribution is 0.246. The Morgan fingerprint density at radius 2 is 2.00 bits per heavy atom. The molecule has 2 fully saturated rings. The van der Waals surface area contributed by atoms with Crippen LogP contribution in [0.2, 0.25) is 0 Å². The van der Waals surface area contributed by atoms with Crippen LogP contribution >= 0.6 is 0 Å². The summed E-state index contributed by atoms with van der Waals surface area (Å²) in [6.45, 7) is 1.97. The summed E-state index contributed by atoms with van der Waals surface area (Å²) in [5.74, 6) is 0.847. The molecule has 0 aromatic carbocycles. The number of hydrogen-bond donors (Lipinski definition) is 1. The minimum atomic E-state index is -2.63. The number of hydrogen-bond acceptors (Lipinski definition) is 3. The highest BCUT2D eigenvalue weighted by atomic mass is 32.2. The summed E-state index contributed by atoms with van der Waals surface area (Å²) < 4.78 is 21.9. The molecule has 1 N–H and O–H groups in total. The van der Waals surface area contributed by atoms with E-state index >= 15 is 0 Å². The van der Waals surface area contributed by atoms with E-state index < -0.39 is 9.84 Å². The maximum atomic E-state index is 10.9. The zero-order valence-electron chi connectivity index (χ0n) is 6.47. The molecule has 3 nitrogen and oxygen atoms in total. The first-order chi connectivity index (χ1) is 5.12. The van der Waals surface area contributed by atoms with Crippen molar-refractivity contribution < 1.29 is 8.42 Å². The highest BCUT2D eigenvalue weighted by molar-refractivity contribution is 7.92. The van der Waals surface area contributed by atoms with E-state index in [4.69, 9.17) is 0 Å². The van der Waals surface area contributed by atoms with Gasteiger partial charge in [-0.15, -0.1) is 0 Å². The van der Waals surface area contributed by atoms with Crippen molar-refractivity contribution in [2.24, 2.45) is 5.41 Å². The van der Waals surface area contributed by atoms with E-state index in [1.807, 2.05) is 0 Å². The Morgan fingerprint density at radius 3 is 2.45 bits per heavy atom. The van der Waals surface area contributed by atoms with E-state index in [-0.39, 0.29) is 5.41 Å². The molecule has 2 saturated heterocycles. The van der Waals surface area contributed by atoms with Crippen molar-refractivity contribution in [3.63, 3.8) is 0 Å². The van der Waals surface area contributed by atoms with Crippen LogP contribution in [0.25, 0.3) is 0 Å². The number of piperidine rings is 1. The van der Waals surface area contributed by atoms with Gasteiger partial charge in [-0.1, -0.05) is 0 Å². The average molecular weight is 175 g/mol. The lowest BCUT2D eigenvalue weighted by Crippen LogP contribution is -2.56. The summed E-state index contributed by atoms with van der Waals surface area (Å²) in [4.78, 5) is 0. The summed E-state index contributed by atoms with van der Waals surface area (Å²) in [7, 11) is -2.63. The van der Waals surface area contributed by atoms with Crippen molar-refractivity contribution in [3.05, 3.63) is 0 Å². The van der Waals surface area contributed by atoms with Crippen molar-refractivity contribution in [2.75, 3.05) is 24.6 Å². The third-order valence-electron chi connectivity index (χ3n) is 2.61. The summed E-state index contributed by atoms with van der Waals surface area (Å²) >= 11 is 0. The molecule has 64 valence electrons. The Bertz CT molecular complexity index is 238. The Kier molecular flexibility index (Phi) is 1.51. The minimum Gasteiger partial charge on any atom is -0.316 e. The first-order valence-electron chi connectivity index (χ1n) is 4.03. The first kappa shape index (κ1) is 7.55. The molecule has 4 heteroatoms. The second-order valence-electron chi connectivity index (χ2n) is 3.81. The van der Waals surface area contributed by atoms with Gasteiger partial charge in [0, 0.05) is 12.0 Å². The average Bonchev–Trinajstić information content (AvgIpc) is 1.85. The van der Waals surface area contributed by atoms with Crippen LogP contribution in [0.3, 0.4) is 0 Å². The smallest absolute Gasteiger partial charge is 0.151 e. The fourth-order valence-electron chi connectivity index (χ4n) is 2.17. The normalized spacial score (nSPS) is 33.1. The Labute approximate surface area is 67.1 Å². The molecule has 0 aromatic rings. The van der Waals surface area contributed by atoms with Crippen molar-refractivity contribution >= 4 is 9.84 Å². The predicted molar refractivity (Wildman–Crippen MR) is 43.2 cm³/mol. The summed E-state index contributed by atoms with van der Waals surface area (Å²) in [5, 5.41) is 3.25. The zero-order valence-corrected chi connectivity index (χ0v) is 7.28. The molecule has 0 unspecified atom stereocenters. The molecule has 2 heterocycles. The fourth-order valence-corrected chi connectivity index (χ4v) is 4.44. The topological polar surface area (TPSA) is 46.2 Å². The molecule has 0 bridgehead atoms. The first-order valence-corrected chi connectivity index (χ1v) is 5.85. The van der Waals surface area contributed by atoms with Gasteiger partial charge in [-0.25, -0.2) is 8.42 Å². The number of nitrogens with one attached hydrogen (secondary N) is 1. The van der Waals surface area contributed by atoms with Crippen molar-refractivity contribution in [2.45, 2.75) is 12.8 Å². The van der Waals surface area contributed by atoms with E-state index in [0.717, 1.165) is 25.9 Å². The van der Waals surface area contributed by atoms with Crippen LogP contribution in [-0.2, 0) is 9.84 Å². The van der Waals surface area contributed by atoms with E-state index in [1.165, 1.54) is 0 Å². The minimum absolute atomic E-state index is 0.136. The third kappa shape index (κ3) is 1.29. The van der Waals surface area contributed by atoms with Gasteiger partial charge in [0.15, 0.2) is 9.84 Å². The molecule has 11 heavy (non-hydrogen) atoms. The Balaban J connectivity index is 2.05. The molecule has 0 atom stereocenters. The van der Waals surface area contributed by atoms with Gasteiger partial charge in [-0.3, -0.25) is 0 Å². The largest absolute Gasteiger partial charge is 0.316 e. The molecule has 0 aliphatic carbocycles. The van der Waals surface area contributed by atoms with Gasteiger partial charge in [0.1, 0.15) is 0 Å². The number of rotatable bonds is 0. The zero-order chi connectivity index (χ0) is 7.95. The summed E-state index contributed by atoms with van der Waals surface area (Å²) in [5.41, 5.74) is 0.136. The summed E-state index contributed by atoms with van der Waals surface area (Å²) in [6.07, 6.45) is 2.23. The molecule has 0 amide bonds. The molecule has 0 radical (unpaired) electrons. The molecular formula is C7H13NO2S. The van der Waals surface area contributed by atoms with E-state index in [0.29, 0.717) is 11.5 Å². The standard InChI is InChI=1S/C7H13NO2S/c9-11(10)5-7(6-11)2-1-3-8-4-7/h8H,1-6H2. The monoisotopic (exact) mass is 175 g/mol. The van der Waals surface area contributed by atoms with Crippen LogP contribution in [0.4, 0.5) is 0 Å². The van der Waals surface area contributed by atoms with Gasteiger partial charge < -0.3 is 5.32 Å². The maximum absolute atomic E-state index is 10.9. The van der Waals surface area contributed by atoms with Crippen LogP contribution in [0.5, 0.6) is 0 Å². The van der Waals surface area contributed by atoms with E-state index in [2.05, 4.69) is 5.32 Å². The molecule has 1 spiro atoms. The van der Waals surface area contributed by atoms with Crippen molar-refractivity contribution in [1.29, 1.82) is 0 Å². The van der Waals surface area contributed by atoms with Crippen LogP contribution in [0.1, 0.15) is 12.8 Å². The number of sulfone groups is 1. The fraction of sp³-hybridized carbons (Fsp3) is 1.00. The van der Waals surface area contributed by atoms with Crippen LogP contribution in [0.15, 0.2) is 0 Å². The molecule has 2 aliphatic rings. The van der Waals surface area contributed by atoms with E-state index in [9.17, 15) is 8.42 Å². The van der Waals surface area contributed by atoms with Crippen molar-refractivity contribution in [3.8, 4) is 0 Å². The molecule has 2 rings (SSSR count). The van der Waals surface area contributed by atoms with Crippen LogP contribution in [-0.4, -0.2) is 33.0 Å². The Morgan fingerprint density at radius 1 is 1.27 bits per heavy atom. The van der Waals surface area contributed by atoms with Gasteiger partial charge in [-0.05, 0) is 19.4 Å². The second kappa shape index (κ2) is 2.20. The SMILES string of the molecule is O=S1(=O)CC2(CCCNC2)C1. The third-order valence-corrected chi connectivity index (χ3v) is 4.72. The van der Waals surface area contributed by atoms with Crippen LogP contribution in [0, 0.1) is 5.41 Å².